The van der Waals surface area contributed by atoms with Gasteiger partial charge in [0.2, 0.25) is 17.9 Å². The molecule has 35 heavy (non-hydrogen) atoms. The Hall–Kier alpha value is -3.48. The van der Waals surface area contributed by atoms with Gasteiger partial charge in [0, 0.05) is 37.4 Å². The number of ether oxygens (including phenoxy) is 3. The second kappa shape index (κ2) is 10.8. The van der Waals surface area contributed by atoms with Crippen LogP contribution in [0.25, 0.3) is 0 Å². The molecule has 2 heterocycles. The summed E-state index contributed by atoms with van der Waals surface area (Å²) in [6, 6.07) is 11.9. The zero-order valence-electron chi connectivity index (χ0n) is 20.7. The van der Waals surface area contributed by atoms with Crippen LogP contribution in [-0.2, 0) is 6.54 Å². The van der Waals surface area contributed by atoms with E-state index in [1.54, 1.807) is 33.5 Å². The highest BCUT2D eigenvalue weighted by Crippen LogP contribution is 2.41. The summed E-state index contributed by atoms with van der Waals surface area (Å²) in [7, 11) is 4.70. The highest BCUT2D eigenvalue weighted by Gasteiger charge is 2.33. The molecular formula is C26H33N5O4. The van der Waals surface area contributed by atoms with Gasteiger partial charge in [-0.2, -0.15) is 5.26 Å². The molecule has 9 nitrogen and oxygen atoms in total. The molecule has 1 fully saturated rings. The molecule has 2 N–H and O–H groups in total. The van der Waals surface area contributed by atoms with E-state index in [9.17, 15) is 10.4 Å². The van der Waals surface area contributed by atoms with Gasteiger partial charge in [0.15, 0.2) is 11.5 Å². The van der Waals surface area contributed by atoms with E-state index in [1.165, 1.54) is 5.56 Å². The molecule has 2 aliphatic heterocycles. The number of aliphatic hydroxyl groups is 1. The predicted octanol–water partition coefficient (Wildman–Crippen LogP) is 3.36. The molecule has 0 bridgehead atoms. The number of rotatable bonds is 7. The number of likely N-dealkylation sites (tertiary alicyclic amines) is 1. The van der Waals surface area contributed by atoms with Crippen molar-refractivity contribution >= 4 is 11.6 Å². The minimum absolute atomic E-state index is 0.105. The first-order valence-corrected chi connectivity index (χ1v) is 11.8. The summed E-state index contributed by atoms with van der Waals surface area (Å²) < 4.78 is 16.3. The molecule has 0 aliphatic carbocycles. The van der Waals surface area contributed by atoms with Gasteiger partial charge in [-0.05, 0) is 49.1 Å². The smallest absolute Gasteiger partial charge is 0.214 e. The molecule has 0 aromatic heterocycles. The van der Waals surface area contributed by atoms with E-state index in [0.717, 1.165) is 43.7 Å². The van der Waals surface area contributed by atoms with Gasteiger partial charge in [-0.3, -0.25) is 4.90 Å². The van der Waals surface area contributed by atoms with E-state index < -0.39 is 6.10 Å². The lowest BCUT2D eigenvalue weighted by Crippen LogP contribution is -2.52. The van der Waals surface area contributed by atoms with Crippen LogP contribution in [0.1, 0.15) is 37.0 Å². The van der Waals surface area contributed by atoms with Crippen LogP contribution in [0, 0.1) is 11.5 Å². The van der Waals surface area contributed by atoms with Crippen molar-refractivity contribution < 1.29 is 19.3 Å². The Balaban J connectivity index is 1.45. The Bertz CT molecular complexity index is 1080. The molecule has 0 saturated carbocycles. The van der Waals surface area contributed by atoms with E-state index in [2.05, 4.69) is 26.2 Å². The number of guanidine groups is 1. The van der Waals surface area contributed by atoms with Crippen molar-refractivity contribution in [3.63, 3.8) is 0 Å². The van der Waals surface area contributed by atoms with Crippen molar-refractivity contribution in [1.29, 1.82) is 5.26 Å². The Morgan fingerprint density at radius 2 is 1.74 bits per heavy atom. The highest BCUT2D eigenvalue weighted by molar-refractivity contribution is 5.97. The topological polar surface area (TPSA) is 103 Å². The summed E-state index contributed by atoms with van der Waals surface area (Å²) in [6.07, 6.45) is 3.02. The number of para-hydroxylation sites is 1. The van der Waals surface area contributed by atoms with E-state index in [4.69, 9.17) is 14.2 Å². The van der Waals surface area contributed by atoms with Gasteiger partial charge >= 0.3 is 0 Å². The van der Waals surface area contributed by atoms with E-state index >= 15 is 0 Å². The van der Waals surface area contributed by atoms with Gasteiger partial charge in [0.05, 0.1) is 27.4 Å². The quantitative estimate of drug-likeness (QED) is 0.583. The molecule has 0 radical (unpaired) electrons. The highest BCUT2D eigenvalue weighted by atomic mass is 16.5. The minimum atomic E-state index is -0.723. The molecule has 1 saturated heterocycles. The van der Waals surface area contributed by atoms with Gasteiger partial charge in [-0.15, -0.1) is 4.99 Å². The maximum atomic E-state index is 11.2. The first kappa shape index (κ1) is 24.6. The van der Waals surface area contributed by atoms with Crippen LogP contribution in [0.15, 0.2) is 41.4 Å². The normalized spacial score (nSPS) is 19.3. The molecule has 0 spiro atoms. The zero-order chi connectivity index (χ0) is 24.9. The molecule has 2 aromatic carbocycles. The fourth-order valence-electron chi connectivity index (χ4n) is 5.03. The second-order valence-corrected chi connectivity index (χ2v) is 8.86. The molecular weight excluding hydrogens is 446 g/mol. The summed E-state index contributed by atoms with van der Waals surface area (Å²) in [5.41, 5.74) is 2.91. The van der Waals surface area contributed by atoms with Crippen LogP contribution in [-0.4, -0.2) is 67.4 Å². The van der Waals surface area contributed by atoms with Gasteiger partial charge < -0.3 is 29.5 Å². The summed E-state index contributed by atoms with van der Waals surface area (Å²) in [5, 5.41) is 23.7. The van der Waals surface area contributed by atoms with E-state index in [0.29, 0.717) is 23.2 Å². The molecule has 2 atom stereocenters. The third kappa shape index (κ3) is 4.99. The first-order chi connectivity index (χ1) is 17.0. The van der Waals surface area contributed by atoms with Gasteiger partial charge in [0.1, 0.15) is 0 Å². The second-order valence-electron chi connectivity index (χ2n) is 8.86. The number of nitriles is 1. The van der Waals surface area contributed by atoms with Crippen molar-refractivity contribution in [3.05, 3.63) is 47.5 Å². The average Bonchev–Trinajstić information content (AvgIpc) is 2.91. The number of fused-ring (bicyclic) bond motifs is 1. The number of aliphatic hydroxyl groups excluding tert-OH is 1. The van der Waals surface area contributed by atoms with Crippen molar-refractivity contribution in [2.75, 3.05) is 39.7 Å². The van der Waals surface area contributed by atoms with Crippen LogP contribution in [0.5, 0.6) is 17.2 Å². The third-order valence-electron chi connectivity index (χ3n) is 7.03. The van der Waals surface area contributed by atoms with Crippen LogP contribution < -0.4 is 19.5 Å². The maximum Gasteiger partial charge on any atom is 0.214 e. The average molecular weight is 480 g/mol. The summed E-state index contributed by atoms with van der Waals surface area (Å²) in [5.74, 6) is 2.16. The number of methoxy groups -OCH3 is 3. The molecule has 9 heteroatoms. The van der Waals surface area contributed by atoms with E-state index in [-0.39, 0.29) is 12.1 Å². The lowest BCUT2D eigenvalue weighted by Gasteiger charge is -2.44. The predicted molar refractivity (Wildman–Crippen MR) is 134 cm³/mol. The van der Waals surface area contributed by atoms with Crippen molar-refractivity contribution in [3.8, 4) is 23.4 Å². The number of nitrogens with zero attached hydrogens (tertiary/aromatic N) is 4. The summed E-state index contributed by atoms with van der Waals surface area (Å²) in [6.45, 7) is 4.41. The molecule has 2 aromatic rings. The lowest BCUT2D eigenvalue weighted by atomic mass is 9.96. The zero-order valence-corrected chi connectivity index (χ0v) is 20.7. The van der Waals surface area contributed by atoms with Crippen LogP contribution >= 0.6 is 0 Å². The third-order valence-corrected chi connectivity index (χ3v) is 7.03. The Labute approximate surface area is 206 Å². The van der Waals surface area contributed by atoms with Crippen molar-refractivity contribution in [2.45, 2.75) is 44.5 Å². The fourth-order valence-corrected chi connectivity index (χ4v) is 5.03. The van der Waals surface area contributed by atoms with Crippen LogP contribution in [0.3, 0.4) is 0 Å². The van der Waals surface area contributed by atoms with Crippen LogP contribution in [0.4, 0.5) is 5.69 Å². The SMILES string of the molecule is COc1cc(C(O)C(C)N2CCC(N3Cc4ccccc4NC3=NC#N)CC2)cc(OC)c1OC. The molecule has 4 rings (SSSR count). The number of hydrogen-bond acceptors (Lipinski definition) is 7. The Morgan fingerprint density at radius 3 is 2.34 bits per heavy atom. The van der Waals surface area contributed by atoms with Crippen LogP contribution in [0.2, 0.25) is 0 Å². The minimum Gasteiger partial charge on any atom is -0.493 e. The number of piperidine rings is 1. The maximum absolute atomic E-state index is 11.2. The monoisotopic (exact) mass is 479 g/mol. The van der Waals surface area contributed by atoms with Gasteiger partial charge in [0.25, 0.3) is 0 Å². The van der Waals surface area contributed by atoms with Crippen molar-refractivity contribution in [1.82, 2.24) is 9.80 Å². The Kier molecular flexibility index (Phi) is 7.63. The molecule has 2 unspecified atom stereocenters. The largest absolute Gasteiger partial charge is 0.493 e. The van der Waals surface area contributed by atoms with Crippen molar-refractivity contribution in [2.24, 2.45) is 4.99 Å². The number of nitrogens with one attached hydrogen (secondary N) is 1. The molecule has 186 valence electrons. The summed E-state index contributed by atoms with van der Waals surface area (Å²) >= 11 is 0. The Morgan fingerprint density at radius 1 is 1.09 bits per heavy atom. The standard InChI is InChI=1S/C26H33N5O4/c1-17(24(32)19-13-22(33-2)25(35-4)23(14-19)34-3)30-11-9-20(10-12-30)31-15-18-7-5-6-8-21(18)29-26(31)28-16-27/h5-8,13-14,17,20,24,32H,9-12,15H2,1-4H3,(H,28,29). The first-order valence-electron chi connectivity index (χ1n) is 11.8. The van der Waals surface area contributed by atoms with Gasteiger partial charge in [-0.25, -0.2) is 0 Å². The molecule has 2 aliphatic rings. The number of benzene rings is 2. The molecule has 0 amide bonds. The van der Waals surface area contributed by atoms with Gasteiger partial charge in [-0.1, -0.05) is 18.2 Å². The number of anilines is 1. The lowest BCUT2D eigenvalue weighted by molar-refractivity contribution is 0.0327. The van der Waals surface area contributed by atoms with E-state index in [1.807, 2.05) is 31.3 Å². The fraction of sp³-hybridized carbons (Fsp3) is 0.462. The number of hydrogen-bond donors (Lipinski definition) is 2. The number of aliphatic imine (C=N–C) groups is 1. The summed E-state index contributed by atoms with van der Waals surface area (Å²) in [4.78, 5) is 8.56.